The van der Waals surface area contributed by atoms with Crippen molar-refractivity contribution in [2.75, 3.05) is 13.7 Å². The fourth-order valence-electron chi connectivity index (χ4n) is 2.86. The van der Waals surface area contributed by atoms with Crippen LogP contribution in [0, 0.1) is 6.92 Å². The Morgan fingerprint density at radius 2 is 1.95 bits per heavy atom. The van der Waals surface area contributed by atoms with E-state index in [9.17, 15) is 0 Å². The van der Waals surface area contributed by atoms with E-state index in [0.29, 0.717) is 6.04 Å². The maximum atomic E-state index is 5.79. The summed E-state index contributed by atoms with van der Waals surface area (Å²) in [5.74, 6) is 0. The summed E-state index contributed by atoms with van der Waals surface area (Å²) in [4.78, 5) is 0. The molecule has 1 saturated carbocycles. The minimum absolute atomic E-state index is 0.121. The van der Waals surface area contributed by atoms with Gasteiger partial charge in [0.1, 0.15) is 0 Å². The summed E-state index contributed by atoms with van der Waals surface area (Å²) in [6.07, 6.45) is 5.98. The molecule has 0 heterocycles. The Bertz CT molecular complexity index is 375. The Morgan fingerprint density at radius 3 is 2.42 bits per heavy atom. The fraction of sp³-hybridized carbons (Fsp3) is 0.647. The van der Waals surface area contributed by atoms with Crippen molar-refractivity contribution in [3.8, 4) is 0 Å². The SMILES string of the molecule is CCCNC(CC1(OC)CCC1)c1ccc(C)cc1. The van der Waals surface area contributed by atoms with Crippen molar-refractivity contribution in [3.63, 3.8) is 0 Å². The molecule has 0 spiro atoms. The standard InChI is InChI=1S/C17H27NO/c1-4-12-18-16(13-17(19-3)10-5-11-17)15-8-6-14(2)7-9-15/h6-9,16,18H,4-5,10-13H2,1-3H3. The maximum absolute atomic E-state index is 5.79. The highest BCUT2D eigenvalue weighted by Crippen LogP contribution is 2.41. The summed E-state index contributed by atoms with van der Waals surface area (Å²) in [6, 6.07) is 9.34. The molecular formula is C17H27NO. The highest BCUT2D eigenvalue weighted by Gasteiger charge is 2.39. The van der Waals surface area contributed by atoms with Crippen LogP contribution in [0.15, 0.2) is 24.3 Å². The molecular weight excluding hydrogens is 234 g/mol. The van der Waals surface area contributed by atoms with Crippen molar-refractivity contribution in [2.45, 2.75) is 57.6 Å². The average molecular weight is 261 g/mol. The molecule has 2 nitrogen and oxygen atoms in total. The van der Waals surface area contributed by atoms with Crippen molar-refractivity contribution in [2.24, 2.45) is 0 Å². The van der Waals surface area contributed by atoms with Crippen LogP contribution >= 0.6 is 0 Å². The van der Waals surface area contributed by atoms with E-state index in [4.69, 9.17) is 4.74 Å². The first kappa shape index (κ1) is 14.5. The molecule has 1 aliphatic carbocycles. The molecule has 19 heavy (non-hydrogen) atoms. The zero-order valence-electron chi connectivity index (χ0n) is 12.5. The lowest BCUT2D eigenvalue weighted by Gasteiger charge is -2.43. The van der Waals surface area contributed by atoms with E-state index < -0.39 is 0 Å². The van der Waals surface area contributed by atoms with Crippen LogP contribution in [0.5, 0.6) is 0 Å². The number of hydrogen-bond donors (Lipinski definition) is 1. The second kappa shape index (κ2) is 6.53. The molecule has 1 unspecified atom stereocenters. The summed E-state index contributed by atoms with van der Waals surface area (Å²) in [5.41, 5.74) is 2.83. The molecule has 0 aliphatic heterocycles. The third-order valence-corrected chi connectivity index (χ3v) is 4.39. The monoisotopic (exact) mass is 261 g/mol. The average Bonchev–Trinajstić information content (AvgIpc) is 2.39. The van der Waals surface area contributed by atoms with E-state index in [-0.39, 0.29) is 5.60 Å². The largest absolute Gasteiger partial charge is 0.378 e. The molecule has 1 N–H and O–H groups in total. The molecule has 0 amide bonds. The Labute approximate surface area is 117 Å². The summed E-state index contributed by atoms with van der Waals surface area (Å²) in [6.45, 7) is 5.42. The molecule has 1 aromatic carbocycles. The van der Waals surface area contributed by atoms with Gasteiger partial charge in [-0.2, -0.15) is 0 Å². The minimum atomic E-state index is 0.121. The summed E-state index contributed by atoms with van der Waals surface area (Å²) in [7, 11) is 1.87. The van der Waals surface area contributed by atoms with Crippen LogP contribution in [-0.4, -0.2) is 19.3 Å². The van der Waals surface area contributed by atoms with E-state index in [1.54, 1.807) is 0 Å². The van der Waals surface area contributed by atoms with Crippen molar-refractivity contribution < 1.29 is 4.74 Å². The van der Waals surface area contributed by atoms with Gasteiger partial charge in [0, 0.05) is 13.2 Å². The lowest BCUT2D eigenvalue weighted by molar-refractivity contribution is -0.0838. The van der Waals surface area contributed by atoms with E-state index in [0.717, 1.165) is 13.0 Å². The molecule has 1 fully saturated rings. The summed E-state index contributed by atoms with van der Waals surface area (Å²) in [5, 5.41) is 3.68. The maximum Gasteiger partial charge on any atom is 0.0697 e. The smallest absolute Gasteiger partial charge is 0.0697 e. The fourth-order valence-corrected chi connectivity index (χ4v) is 2.86. The third kappa shape index (κ3) is 3.58. The quantitative estimate of drug-likeness (QED) is 0.801. The Balaban J connectivity index is 2.08. The number of hydrogen-bond acceptors (Lipinski definition) is 2. The van der Waals surface area contributed by atoms with Gasteiger partial charge in [-0.05, 0) is 51.1 Å². The van der Waals surface area contributed by atoms with E-state index in [2.05, 4.69) is 43.4 Å². The molecule has 1 aliphatic rings. The zero-order chi connectivity index (χ0) is 13.7. The number of ether oxygens (including phenoxy) is 1. The highest BCUT2D eigenvalue weighted by molar-refractivity contribution is 5.24. The Hall–Kier alpha value is -0.860. The van der Waals surface area contributed by atoms with Gasteiger partial charge in [0.15, 0.2) is 0 Å². The van der Waals surface area contributed by atoms with Gasteiger partial charge < -0.3 is 10.1 Å². The molecule has 0 saturated heterocycles. The molecule has 0 aromatic heterocycles. The summed E-state index contributed by atoms with van der Waals surface area (Å²) >= 11 is 0. The van der Waals surface area contributed by atoms with Gasteiger partial charge in [0.25, 0.3) is 0 Å². The molecule has 0 bridgehead atoms. The van der Waals surface area contributed by atoms with Gasteiger partial charge in [-0.15, -0.1) is 0 Å². The van der Waals surface area contributed by atoms with Gasteiger partial charge in [-0.1, -0.05) is 36.8 Å². The molecule has 1 aromatic rings. The normalized spacial score (nSPS) is 18.9. The highest BCUT2D eigenvalue weighted by atomic mass is 16.5. The molecule has 1 atom stereocenters. The van der Waals surface area contributed by atoms with Crippen LogP contribution in [0.4, 0.5) is 0 Å². The number of nitrogens with one attached hydrogen (secondary N) is 1. The predicted molar refractivity (Wildman–Crippen MR) is 80.4 cm³/mol. The van der Waals surface area contributed by atoms with Crippen molar-refractivity contribution in [1.29, 1.82) is 0 Å². The third-order valence-electron chi connectivity index (χ3n) is 4.39. The molecule has 2 rings (SSSR count). The van der Waals surface area contributed by atoms with Gasteiger partial charge in [0.2, 0.25) is 0 Å². The van der Waals surface area contributed by atoms with Crippen molar-refractivity contribution >= 4 is 0 Å². The van der Waals surface area contributed by atoms with E-state index in [1.165, 1.54) is 36.8 Å². The first-order valence-corrected chi connectivity index (χ1v) is 7.54. The van der Waals surface area contributed by atoms with E-state index in [1.807, 2.05) is 7.11 Å². The number of benzene rings is 1. The Kier molecular flexibility index (Phi) is 5.00. The summed E-state index contributed by atoms with van der Waals surface area (Å²) < 4.78 is 5.79. The molecule has 106 valence electrons. The van der Waals surface area contributed by atoms with Crippen LogP contribution in [-0.2, 0) is 4.74 Å². The van der Waals surface area contributed by atoms with Gasteiger partial charge in [-0.3, -0.25) is 0 Å². The van der Waals surface area contributed by atoms with Crippen LogP contribution < -0.4 is 5.32 Å². The minimum Gasteiger partial charge on any atom is -0.378 e. The van der Waals surface area contributed by atoms with Crippen LogP contribution in [0.1, 0.15) is 56.2 Å². The lowest BCUT2D eigenvalue weighted by atomic mass is 9.74. The van der Waals surface area contributed by atoms with Gasteiger partial charge in [0.05, 0.1) is 5.60 Å². The first-order chi connectivity index (χ1) is 9.19. The van der Waals surface area contributed by atoms with Gasteiger partial charge >= 0.3 is 0 Å². The van der Waals surface area contributed by atoms with Crippen molar-refractivity contribution in [1.82, 2.24) is 5.32 Å². The number of aryl methyl sites for hydroxylation is 1. The van der Waals surface area contributed by atoms with Crippen molar-refractivity contribution in [3.05, 3.63) is 35.4 Å². The molecule has 0 radical (unpaired) electrons. The van der Waals surface area contributed by atoms with Crippen LogP contribution in [0.25, 0.3) is 0 Å². The second-order valence-electron chi connectivity index (χ2n) is 5.86. The Morgan fingerprint density at radius 1 is 1.26 bits per heavy atom. The lowest BCUT2D eigenvalue weighted by Crippen LogP contribution is -2.43. The predicted octanol–water partition coefficient (Wildman–Crippen LogP) is 3.99. The zero-order valence-corrected chi connectivity index (χ0v) is 12.5. The first-order valence-electron chi connectivity index (χ1n) is 7.54. The van der Waals surface area contributed by atoms with Gasteiger partial charge in [-0.25, -0.2) is 0 Å². The second-order valence-corrected chi connectivity index (χ2v) is 5.86. The molecule has 2 heteroatoms. The topological polar surface area (TPSA) is 21.3 Å². The van der Waals surface area contributed by atoms with E-state index >= 15 is 0 Å². The number of methoxy groups -OCH3 is 1. The van der Waals surface area contributed by atoms with Crippen LogP contribution in [0.2, 0.25) is 0 Å². The van der Waals surface area contributed by atoms with Crippen LogP contribution in [0.3, 0.4) is 0 Å². The number of rotatable bonds is 7.